The lowest BCUT2D eigenvalue weighted by molar-refractivity contribution is 0.340. The molecule has 0 bridgehead atoms. The highest BCUT2D eigenvalue weighted by molar-refractivity contribution is 5.55. The molecule has 0 radical (unpaired) electrons. The second-order valence-corrected chi connectivity index (χ2v) is 4.46. The van der Waals surface area contributed by atoms with Crippen LogP contribution in [0.15, 0.2) is 42.5 Å². The molecule has 3 nitrogen and oxygen atoms in total. The molecule has 2 aromatic carbocycles. The van der Waals surface area contributed by atoms with E-state index in [-0.39, 0.29) is 0 Å². The van der Waals surface area contributed by atoms with Gasteiger partial charge in [0.15, 0.2) is 0 Å². The zero-order valence-corrected chi connectivity index (χ0v) is 11.4. The van der Waals surface area contributed by atoms with Gasteiger partial charge in [0, 0.05) is 17.9 Å². The van der Waals surface area contributed by atoms with Crippen LogP contribution in [0.3, 0.4) is 0 Å². The van der Waals surface area contributed by atoms with Crippen LogP contribution in [0.5, 0.6) is 5.75 Å². The van der Waals surface area contributed by atoms with Crippen molar-refractivity contribution in [2.75, 3.05) is 17.7 Å². The van der Waals surface area contributed by atoms with Crippen molar-refractivity contribution in [3.63, 3.8) is 0 Å². The minimum Gasteiger partial charge on any atom is -0.494 e. The molecule has 0 aliphatic rings. The van der Waals surface area contributed by atoms with Crippen LogP contribution in [0.4, 0.5) is 11.4 Å². The lowest BCUT2D eigenvalue weighted by atomic mass is 10.1. The van der Waals surface area contributed by atoms with Gasteiger partial charge in [0.05, 0.1) is 6.61 Å². The average molecular weight is 256 g/mol. The molecule has 0 atom stereocenters. The normalized spacial score (nSPS) is 10.2. The van der Waals surface area contributed by atoms with E-state index < -0.39 is 0 Å². The zero-order valence-electron chi connectivity index (χ0n) is 11.4. The molecule has 3 N–H and O–H groups in total. The Balaban J connectivity index is 2.06. The van der Waals surface area contributed by atoms with Crippen LogP contribution >= 0.6 is 0 Å². The Morgan fingerprint density at radius 3 is 2.63 bits per heavy atom. The van der Waals surface area contributed by atoms with Crippen molar-refractivity contribution < 1.29 is 4.74 Å². The molecule has 2 rings (SSSR count). The largest absolute Gasteiger partial charge is 0.494 e. The van der Waals surface area contributed by atoms with Crippen molar-refractivity contribution in [2.24, 2.45) is 0 Å². The number of ether oxygens (including phenoxy) is 1. The van der Waals surface area contributed by atoms with Gasteiger partial charge in [-0.25, -0.2) is 0 Å². The van der Waals surface area contributed by atoms with Gasteiger partial charge in [-0.15, -0.1) is 0 Å². The average Bonchev–Trinajstić information content (AvgIpc) is 2.40. The van der Waals surface area contributed by atoms with E-state index >= 15 is 0 Å². The van der Waals surface area contributed by atoms with Gasteiger partial charge in [0.2, 0.25) is 0 Å². The molecule has 0 saturated carbocycles. The summed E-state index contributed by atoms with van der Waals surface area (Å²) >= 11 is 0. The number of rotatable bonds is 5. The molecule has 0 unspecified atom stereocenters. The van der Waals surface area contributed by atoms with E-state index in [0.717, 1.165) is 29.2 Å². The first kappa shape index (κ1) is 13.3. The van der Waals surface area contributed by atoms with Gasteiger partial charge in [-0.05, 0) is 49.2 Å². The fraction of sp³-hybridized carbons (Fsp3) is 0.250. The minimum atomic E-state index is 0.687. The number of benzene rings is 2. The number of hydrogen-bond donors (Lipinski definition) is 2. The van der Waals surface area contributed by atoms with Crippen LogP contribution in [-0.4, -0.2) is 6.61 Å². The highest BCUT2D eigenvalue weighted by Gasteiger charge is 2.02. The Hall–Kier alpha value is -2.16. The maximum absolute atomic E-state index is 5.93. The van der Waals surface area contributed by atoms with E-state index in [9.17, 15) is 0 Å². The van der Waals surface area contributed by atoms with Gasteiger partial charge >= 0.3 is 0 Å². The second-order valence-electron chi connectivity index (χ2n) is 4.46. The van der Waals surface area contributed by atoms with Gasteiger partial charge in [-0.2, -0.15) is 0 Å². The Bertz CT molecular complexity index is 552. The Kier molecular flexibility index (Phi) is 4.29. The topological polar surface area (TPSA) is 47.3 Å². The van der Waals surface area contributed by atoms with Crippen molar-refractivity contribution >= 4 is 11.4 Å². The van der Waals surface area contributed by atoms with E-state index in [2.05, 4.69) is 12.2 Å². The first-order chi connectivity index (χ1) is 9.20. The van der Waals surface area contributed by atoms with E-state index in [1.807, 2.05) is 49.4 Å². The third-order valence-electron chi connectivity index (χ3n) is 3.03. The first-order valence-electron chi connectivity index (χ1n) is 6.51. The second kappa shape index (κ2) is 6.14. The number of para-hydroxylation sites is 1. The van der Waals surface area contributed by atoms with Gasteiger partial charge in [0.1, 0.15) is 5.75 Å². The Morgan fingerprint density at radius 1 is 1.16 bits per heavy atom. The molecule has 2 aromatic rings. The van der Waals surface area contributed by atoms with Crippen LogP contribution in [0.1, 0.15) is 18.1 Å². The monoisotopic (exact) mass is 256 g/mol. The Morgan fingerprint density at radius 2 is 1.95 bits per heavy atom. The van der Waals surface area contributed by atoms with Crippen molar-refractivity contribution in [3.05, 3.63) is 53.6 Å². The molecule has 0 spiro atoms. The van der Waals surface area contributed by atoms with Gasteiger partial charge in [-0.1, -0.05) is 18.2 Å². The summed E-state index contributed by atoms with van der Waals surface area (Å²) in [6, 6.07) is 14.0. The van der Waals surface area contributed by atoms with E-state index in [1.54, 1.807) is 0 Å². The van der Waals surface area contributed by atoms with Crippen molar-refractivity contribution in [1.82, 2.24) is 0 Å². The summed E-state index contributed by atoms with van der Waals surface area (Å²) in [7, 11) is 0. The predicted octanol–water partition coefficient (Wildman–Crippen LogP) is 3.59. The highest BCUT2D eigenvalue weighted by Crippen LogP contribution is 2.22. The standard InChI is InChI=1S/C16H20N2O/c1-3-19-14-8-9-16(12(2)10-14)18-11-13-6-4-5-7-15(13)17/h4-10,18H,3,11,17H2,1-2H3. The summed E-state index contributed by atoms with van der Waals surface area (Å²) < 4.78 is 5.48. The number of nitrogens with one attached hydrogen (secondary N) is 1. The maximum atomic E-state index is 5.93. The molecular weight excluding hydrogens is 236 g/mol. The maximum Gasteiger partial charge on any atom is 0.119 e. The Labute approximate surface area is 114 Å². The van der Waals surface area contributed by atoms with Gasteiger partial charge in [-0.3, -0.25) is 0 Å². The molecule has 0 saturated heterocycles. The fourth-order valence-electron chi connectivity index (χ4n) is 1.98. The highest BCUT2D eigenvalue weighted by atomic mass is 16.5. The molecule has 0 heterocycles. The van der Waals surface area contributed by atoms with Crippen LogP contribution in [-0.2, 0) is 6.54 Å². The lowest BCUT2D eigenvalue weighted by Gasteiger charge is -2.12. The molecule has 100 valence electrons. The van der Waals surface area contributed by atoms with Crippen LogP contribution in [0.25, 0.3) is 0 Å². The van der Waals surface area contributed by atoms with Gasteiger partial charge in [0.25, 0.3) is 0 Å². The number of hydrogen-bond acceptors (Lipinski definition) is 3. The summed E-state index contributed by atoms with van der Waals surface area (Å²) in [6.07, 6.45) is 0. The summed E-state index contributed by atoms with van der Waals surface area (Å²) in [5.74, 6) is 0.907. The summed E-state index contributed by atoms with van der Waals surface area (Å²) in [5, 5.41) is 3.40. The molecule has 0 aromatic heterocycles. The lowest BCUT2D eigenvalue weighted by Crippen LogP contribution is -2.04. The number of nitrogen functional groups attached to an aromatic ring is 1. The number of aryl methyl sites for hydroxylation is 1. The number of anilines is 2. The zero-order chi connectivity index (χ0) is 13.7. The summed E-state index contributed by atoms with van der Waals surface area (Å²) in [6.45, 7) is 5.47. The molecule has 0 aliphatic heterocycles. The van der Waals surface area contributed by atoms with Crippen molar-refractivity contribution in [1.29, 1.82) is 0 Å². The smallest absolute Gasteiger partial charge is 0.119 e. The van der Waals surface area contributed by atoms with Crippen LogP contribution in [0, 0.1) is 6.92 Å². The summed E-state index contributed by atoms with van der Waals surface area (Å²) in [5.41, 5.74) is 10.1. The predicted molar refractivity (Wildman–Crippen MR) is 80.5 cm³/mol. The SMILES string of the molecule is CCOc1ccc(NCc2ccccc2N)c(C)c1. The van der Waals surface area contributed by atoms with Crippen molar-refractivity contribution in [2.45, 2.75) is 20.4 Å². The van der Waals surface area contributed by atoms with Crippen LogP contribution < -0.4 is 15.8 Å². The molecule has 0 fully saturated rings. The van der Waals surface area contributed by atoms with E-state index in [0.29, 0.717) is 6.61 Å². The summed E-state index contributed by atoms with van der Waals surface area (Å²) in [4.78, 5) is 0. The molecule has 0 amide bonds. The van der Waals surface area contributed by atoms with Crippen LogP contribution in [0.2, 0.25) is 0 Å². The van der Waals surface area contributed by atoms with E-state index in [1.165, 1.54) is 5.56 Å². The molecule has 0 aliphatic carbocycles. The van der Waals surface area contributed by atoms with Crippen molar-refractivity contribution in [3.8, 4) is 5.75 Å². The first-order valence-corrected chi connectivity index (χ1v) is 6.51. The number of nitrogens with two attached hydrogens (primary N) is 1. The molecular formula is C16H20N2O. The quantitative estimate of drug-likeness (QED) is 0.804. The van der Waals surface area contributed by atoms with Gasteiger partial charge < -0.3 is 15.8 Å². The molecule has 19 heavy (non-hydrogen) atoms. The van der Waals surface area contributed by atoms with E-state index in [4.69, 9.17) is 10.5 Å². The molecule has 3 heteroatoms. The minimum absolute atomic E-state index is 0.687. The third-order valence-corrected chi connectivity index (χ3v) is 3.03. The third kappa shape index (κ3) is 3.41. The fourth-order valence-corrected chi connectivity index (χ4v) is 1.98.